The Kier molecular flexibility index (Phi) is 6.41. The first-order valence-corrected chi connectivity index (χ1v) is 10.1. The summed E-state index contributed by atoms with van der Waals surface area (Å²) in [5.74, 6) is 1.56. The molecule has 0 aliphatic heterocycles. The summed E-state index contributed by atoms with van der Waals surface area (Å²) in [4.78, 5) is 3.58. The van der Waals surface area contributed by atoms with Crippen LogP contribution < -0.4 is 0 Å². The molecule has 2 aliphatic rings. The normalized spacial score (nSPS) is 19.5. The molecule has 132 valence electrons. The number of nitrogens with one attached hydrogen (secondary N) is 1. The van der Waals surface area contributed by atoms with Crippen LogP contribution in [0, 0.1) is 5.92 Å². The summed E-state index contributed by atoms with van der Waals surface area (Å²) in [6.45, 7) is 4.34. The van der Waals surface area contributed by atoms with Crippen molar-refractivity contribution in [2.45, 2.75) is 38.1 Å². The monoisotopic (exact) mass is 351 g/mol. The van der Waals surface area contributed by atoms with E-state index in [9.17, 15) is 0 Å². The number of aromatic nitrogens is 1. The van der Waals surface area contributed by atoms with Crippen molar-refractivity contribution in [2.24, 2.45) is 5.92 Å². The summed E-state index contributed by atoms with van der Waals surface area (Å²) in [5.41, 5.74) is 5.54. The van der Waals surface area contributed by atoms with Crippen molar-refractivity contribution in [3.63, 3.8) is 0 Å². The highest BCUT2D eigenvalue weighted by Crippen LogP contribution is 2.28. The van der Waals surface area contributed by atoms with E-state index in [4.69, 9.17) is 0 Å². The van der Waals surface area contributed by atoms with Gasteiger partial charge >= 0.3 is 0 Å². The molecule has 2 heteroatoms. The maximum absolute atomic E-state index is 3.58. The van der Waals surface area contributed by atoms with E-state index in [0.717, 1.165) is 25.0 Å². The van der Waals surface area contributed by atoms with Crippen LogP contribution in [0.25, 0.3) is 6.08 Å². The summed E-state index contributed by atoms with van der Waals surface area (Å²) in [5, 5.41) is 1.27. The van der Waals surface area contributed by atoms with Gasteiger partial charge in [-0.2, -0.15) is 0 Å². The quantitative estimate of drug-likeness (QED) is 0.435. The zero-order valence-electron chi connectivity index (χ0n) is 15.2. The third kappa shape index (κ3) is 5.02. The smallest absolute Gasteiger partial charge is 0.0730 e. The van der Waals surface area contributed by atoms with Gasteiger partial charge in [-0.3, -0.25) is 0 Å². The number of hydrogen-bond acceptors (Lipinski definition) is 1. The fraction of sp³-hybridized carbons (Fsp3) is 0.304. The standard InChI is InChI=1S/C23H27NS.H2/c1-3-4-6-11-20-13-9-10-19(15-18(20)2)17-25-23-16-21-12-7-5-8-14-22(21)24-23;/h3-5,7-10,12-13,15-16,19,24H,6,11,14,17H2,1-2H3;1H/b4-3+;. The number of hydrogen-bond donors (Lipinski definition) is 1. The molecule has 25 heavy (non-hydrogen) atoms. The number of rotatable bonds is 6. The molecule has 1 N–H and O–H groups in total. The second-order valence-corrected chi connectivity index (χ2v) is 7.63. The Morgan fingerprint density at radius 1 is 1.32 bits per heavy atom. The number of aromatic amines is 1. The SMILES string of the molecule is C/C=C/CCC1=CC=CC(CSc2cc3c([nH]2)CC=CC=C3)C=C1C.[HH]. The first-order chi connectivity index (χ1) is 12.3. The van der Waals surface area contributed by atoms with Crippen LogP contribution in [0.2, 0.25) is 0 Å². The summed E-state index contributed by atoms with van der Waals surface area (Å²) in [6, 6.07) is 2.28. The average molecular weight is 352 g/mol. The molecule has 1 atom stereocenters. The molecule has 1 aromatic heterocycles. The van der Waals surface area contributed by atoms with Crippen molar-refractivity contribution in [3.05, 3.63) is 83.2 Å². The lowest BCUT2D eigenvalue weighted by molar-refractivity contribution is 0.929. The van der Waals surface area contributed by atoms with Gasteiger partial charge in [-0.15, -0.1) is 11.8 Å². The van der Waals surface area contributed by atoms with E-state index < -0.39 is 0 Å². The molecule has 0 bridgehead atoms. The van der Waals surface area contributed by atoms with Crippen LogP contribution in [-0.4, -0.2) is 10.7 Å². The van der Waals surface area contributed by atoms with E-state index in [0.29, 0.717) is 5.92 Å². The highest BCUT2D eigenvalue weighted by atomic mass is 32.2. The van der Waals surface area contributed by atoms with E-state index in [1.807, 2.05) is 11.8 Å². The molecular weight excluding hydrogens is 322 g/mol. The minimum Gasteiger partial charge on any atom is -0.353 e. The Labute approximate surface area is 157 Å². The zero-order chi connectivity index (χ0) is 17.5. The molecule has 1 heterocycles. The molecule has 2 aliphatic carbocycles. The first-order valence-electron chi connectivity index (χ1n) is 9.11. The van der Waals surface area contributed by atoms with Crippen molar-refractivity contribution >= 4 is 17.8 Å². The van der Waals surface area contributed by atoms with Gasteiger partial charge in [-0.25, -0.2) is 0 Å². The van der Waals surface area contributed by atoms with Crippen molar-refractivity contribution in [1.29, 1.82) is 0 Å². The molecule has 0 fully saturated rings. The van der Waals surface area contributed by atoms with Gasteiger partial charge in [-0.05, 0) is 43.9 Å². The lowest BCUT2D eigenvalue weighted by Crippen LogP contribution is -1.97. The minimum atomic E-state index is 0. The second kappa shape index (κ2) is 8.96. The second-order valence-electron chi connectivity index (χ2n) is 6.57. The van der Waals surface area contributed by atoms with Gasteiger partial charge in [0.15, 0.2) is 0 Å². The van der Waals surface area contributed by atoms with E-state index in [2.05, 4.69) is 85.7 Å². The molecular formula is C23H29NS. The molecule has 3 rings (SSSR count). The fourth-order valence-electron chi connectivity index (χ4n) is 3.21. The predicted molar refractivity (Wildman–Crippen MR) is 114 cm³/mol. The van der Waals surface area contributed by atoms with Crippen LogP contribution >= 0.6 is 11.8 Å². The van der Waals surface area contributed by atoms with E-state index in [1.54, 1.807) is 0 Å². The number of fused-ring (bicyclic) bond motifs is 1. The molecule has 0 saturated heterocycles. The van der Waals surface area contributed by atoms with Gasteiger partial charge in [0, 0.05) is 25.2 Å². The Morgan fingerprint density at radius 3 is 3.12 bits per heavy atom. The lowest BCUT2D eigenvalue weighted by Gasteiger charge is -2.09. The maximum atomic E-state index is 3.58. The van der Waals surface area contributed by atoms with Gasteiger partial charge in [0.2, 0.25) is 0 Å². The Balaban J connectivity index is 0.00000243. The van der Waals surface area contributed by atoms with Crippen molar-refractivity contribution in [2.75, 3.05) is 5.75 Å². The van der Waals surface area contributed by atoms with Crippen LogP contribution in [0.5, 0.6) is 0 Å². The first kappa shape index (κ1) is 17.9. The summed E-state index contributed by atoms with van der Waals surface area (Å²) in [7, 11) is 0. The number of allylic oxidation sites excluding steroid dienone is 11. The van der Waals surface area contributed by atoms with E-state index in [-0.39, 0.29) is 1.43 Å². The highest BCUT2D eigenvalue weighted by Gasteiger charge is 2.11. The highest BCUT2D eigenvalue weighted by molar-refractivity contribution is 7.99. The third-order valence-electron chi connectivity index (χ3n) is 4.63. The lowest BCUT2D eigenvalue weighted by atomic mass is 10.0. The maximum Gasteiger partial charge on any atom is 0.0730 e. The van der Waals surface area contributed by atoms with Gasteiger partial charge in [0.05, 0.1) is 5.03 Å². The average Bonchev–Trinajstić information content (AvgIpc) is 2.75. The zero-order valence-corrected chi connectivity index (χ0v) is 16.0. The van der Waals surface area contributed by atoms with Gasteiger partial charge in [-0.1, -0.05) is 66.3 Å². The fourth-order valence-corrected chi connectivity index (χ4v) is 4.19. The topological polar surface area (TPSA) is 15.8 Å². The number of H-pyrrole nitrogens is 1. The molecule has 0 saturated carbocycles. The Morgan fingerprint density at radius 2 is 2.24 bits per heavy atom. The molecule has 0 radical (unpaired) electrons. The molecule has 1 unspecified atom stereocenters. The molecule has 1 nitrogen and oxygen atoms in total. The Bertz CT molecular complexity index is 774. The van der Waals surface area contributed by atoms with E-state index >= 15 is 0 Å². The predicted octanol–water partition coefficient (Wildman–Crippen LogP) is 6.89. The molecule has 0 amide bonds. The largest absolute Gasteiger partial charge is 0.353 e. The Hall–Kier alpha value is -1.93. The van der Waals surface area contributed by atoms with Crippen LogP contribution in [-0.2, 0) is 6.42 Å². The van der Waals surface area contributed by atoms with Crippen LogP contribution in [0.1, 0.15) is 39.4 Å². The minimum absolute atomic E-state index is 0. The van der Waals surface area contributed by atoms with E-state index in [1.165, 1.54) is 27.4 Å². The van der Waals surface area contributed by atoms with Gasteiger partial charge in [0.25, 0.3) is 0 Å². The van der Waals surface area contributed by atoms with Crippen molar-refractivity contribution in [3.8, 4) is 0 Å². The molecule has 0 spiro atoms. The van der Waals surface area contributed by atoms with Crippen LogP contribution in [0.15, 0.2) is 76.9 Å². The van der Waals surface area contributed by atoms with Gasteiger partial charge in [0.1, 0.15) is 0 Å². The summed E-state index contributed by atoms with van der Waals surface area (Å²) in [6.07, 6.45) is 25.5. The third-order valence-corrected chi connectivity index (χ3v) is 5.71. The summed E-state index contributed by atoms with van der Waals surface area (Å²) < 4.78 is 0. The van der Waals surface area contributed by atoms with Crippen molar-refractivity contribution in [1.82, 2.24) is 4.98 Å². The van der Waals surface area contributed by atoms with Crippen molar-refractivity contribution < 1.29 is 1.43 Å². The summed E-state index contributed by atoms with van der Waals surface area (Å²) >= 11 is 1.92. The number of thioether (sulfide) groups is 1. The van der Waals surface area contributed by atoms with Crippen LogP contribution in [0.4, 0.5) is 0 Å². The van der Waals surface area contributed by atoms with Crippen LogP contribution in [0.3, 0.4) is 0 Å². The van der Waals surface area contributed by atoms with Gasteiger partial charge < -0.3 is 4.98 Å². The molecule has 0 aromatic carbocycles. The molecule has 1 aromatic rings.